The first-order valence-electron chi connectivity index (χ1n) is 10.7. The van der Waals surface area contributed by atoms with E-state index in [0.717, 1.165) is 6.92 Å². The smallest absolute Gasteiger partial charge is 0.321 e. The monoisotopic (exact) mass is 584 g/mol. The minimum atomic E-state index is -4.17. The largest absolute Gasteiger partial charge is 0.465 e. The third-order valence-electron chi connectivity index (χ3n) is 5.04. The Morgan fingerprint density at radius 2 is 1.30 bits per heavy atom. The van der Waals surface area contributed by atoms with Gasteiger partial charge in [0.25, 0.3) is 20.0 Å². The first-order chi connectivity index (χ1) is 17.3. The molecule has 3 rings (SSSR count). The van der Waals surface area contributed by atoms with Crippen LogP contribution in [0, 0.1) is 0 Å². The van der Waals surface area contributed by atoms with Gasteiger partial charge in [0.1, 0.15) is 11.7 Å². The third-order valence-corrected chi connectivity index (χ3v) is 8.32. The number of carbonyl (C=O) groups is 2. The SMILES string of the molecule is CCOC(=O)[C@H](C(C)=O)c1cc(NS(=O)(=O)c2ccc(Cl)cc2)ccc1NS(=O)(=O)c1ccc(Cl)cc1. The van der Waals surface area contributed by atoms with Crippen molar-refractivity contribution in [1.29, 1.82) is 0 Å². The van der Waals surface area contributed by atoms with Crippen molar-refractivity contribution in [2.24, 2.45) is 0 Å². The summed E-state index contributed by atoms with van der Waals surface area (Å²) in [5.41, 5.74) is -0.229. The van der Waals surface area contributed by atoms with Crippen molar-refractivity contribution < 1.29 is 31.2 Å². The van der Waals surface area contributed by atoms with Crippen LogP contribution in [0.4, 0.5) is 11.4 Å². The first kappa shape index (κ1) is 28.5. The second kappa shape index (κ2) is 11.5. The first-order valence-corrected chi connectivity index (χ1v) is 14.4. The van der Waals surface area contributed by atoms with Gasteiger partial charge in [-0.2, -0.15) is 0 Å². The van der Waals surface area contributed by atoms with Crippen LogP contribution in [0.1, 0.15) is 25.3 Å². The quantitative estimate of drug-likeness (QED) is 0.257. The molecule has 0 aliphatic rings. The van der Waals surface area contributed by atoms with Crippen LogP contribution in [0.15, 0.2) is 76.5 Å². The molecule has 0 amide bonds. The lowest BCUT2D eigenvalue weighted by Gasteiger charge is -2.20. The molecule has 0 saturated carbocycles. The van der Waals surface area contributed by atoms with Crippen molar-refractivity contribution in [2.45, 2.75) is 29.6 Å². The van der Waals surface area contributed by atoms with Crippen LogP contribution in [0.3, 0.4) is 0 Å². The second-order valence-corrected chi connectivity index (χ2v) is 12.0. The molecule has 0 aliphatic heterocycles. The maximum atomic E-state index is 13.0. The summed E-state index contributed by atoms with van der Waals surface area (Å²) < 4.78 is 61.5. The van der Waals surface area contributed by atoms with E-state index in [1.807, 2.05) is 0 Å². The summed E-state index contributed by atoms with van der Waals surface area (Å²) in [7, 11) is -8.25. The van der Waals surface area contributed by atoms with Crippen LogP contribution in [-0.4, -0.2) is 35.2 Å². The molecule has 0 unspecified atom stereocenters. The summed E-state index contributed by atoms with van der Waals surface area (Å²) in [6.07, 6.45) is 0. The molecule has 3 aromatic rings. The number of sulfonamides is 2. The van der Waals surface area contributed by atoms with Crippen LogP contribution in [0.5, 0.6) is 0 Å². The van der Waals surface area contributed by atoms with E-state index >= 15 is 0 Å². The van der Waals surface area contributed by atoms with E-state index in [4.69, 9.17) is 27.9 Å². The van der Waals surface area contributed by atoms with Gasteiger partial charge >= 0.3 is 5.97 Å². The fraction of sp³-hybridized carbons (Fsp3) is 0.167. The fourth-order valence-corrected chi connectivity index (χ4v) is 5.73. The molecule has 0 heterocycles. The van der Waals surface area contributed by atoms with Gasteiger partial charge in [-0.05, 0) is 86.1 Å². The number of esters is 1. The number of ether oxygens (including phenoxy) is 1. The number of hydrogen-bond donors (Lipinski definition) is 2. The molecule has 0 aliphatic carbocycles. The zero-order valence-electron chi connectivity index (χ0n) is 19.6. The lowest BCUT2D eigenvalue weighted by molar-refractivity contribution is -0.147. The topological polar surface area (TPSA) is 136 Å². The summed E-state index contributed by atoms with van der Waals surface area (Å²) in [6, 6.07) is 14.5. The van der Waals surface area contributed by atoms with Crippen LogP contribution < -0.4 is 9.44 Å². The van der Waals surface area contributed by atoms with Gasteiger partial charge in [-0.1, -0.05) is 23.2 Å². The third kappa shape index (κ3) is 7.01. The lowest BCUT2D eigenvalue weighted by Crippen LogP contribution is -2.25. The summed E-state index contributed by atoms with van der Waals surface area (Å²) in [5.74, 6) is -3.08. The Labute approximate surface area is 224 Å². The van der Waals surface area contributed by atoms with Gasteiger partial charge in [-0.25, -0.2) is 16.8 Å². The van der Waals surface area contributed by atoms with E-state index in [1.165, 1.54) is 66.7 Å². The number of rotatable bonds is 10. The van der Waals surface area contributed by atoms with E-state index in [1.54, 1.807) is 6.92 Å². The lowest BCUT2D eigenvalue weighted by atomic mass is 9.93. The maximum absolute atomic E-state index is 13.0. The maximum Gasteiger partial charge on any atom is 0.321 e. The Morgan fingerprint density at radius 3 is 1.76 bits per heavy atom. The van der Waals surface area contributed by atoms with Crippen LogP contribution >= 0.6 is 23.2 Å². The Kier molecular flexibility index (Phi) is 8.85. The van der Waals surface area contributed by atoms with Gasteiger partial charge in [-0.3, -0.25) is 19.0 Å². The van der Waals surface area contributed by atoms with Crippen LogP contribution in [-0.2, 0) is 34.4 Å². The molecule has 0 radical (unpaired) electrons. The van der Waals surface area contributed by atoms with Gasteiger partial charge < -0.3 is 4.74 Å². The second-order valence-electron chi connectivity index (χ2n) is 7.72. The summed E-state index contributed by atoms with van der Waals surface area (Å²) in [6.45, 7) is 2.66. The highest BCUT2D eigenvalue weighted by Crippen LogP contribution is 2.32. The number of benzene rings is 3. The highest BCUT2D eigenvalue weighted by Gasteiger charge is 2.31. The minimum absolute atomic E-state index is 0.0186. The van der Waals surface area contributed by atoms with E-state index < -0.39 is 37.7 Å². The number of halogens is 2. The Balaban J connectivity index is 2.09. The number of hydrogen-bond acceptors (Lipinski definition) is 7. The molecule has 1 atom stereocenters. The highest BCUT2D eigenvalue weighted by molar-refractivity contribution is 7.93. The average molecular weight is 585 g/mol. The Hall–Kier alpha value is -3.12. The predicted octanol–water partition coefficient (Wildman–Crippen LogP) is 4.83. The fourth-order valence-electron chi connectivity index (χ4n) is 3.34. The van der Waals surface area contributed by atoms with Crippen molar-refractivity contribution in [3.05, 3.63) is 82.3 Å². The average Bonchev–Trinajstić information content (AvgIpc) is 2.81. The van der Waals surface area contributed by atoms with E-state index in [0.29, 0.717) is 10.0 Å². The zero-order chi connectivity index (χ0) is 27.4. The van der Waals surface area contributed by atoms with Crippen molar-refractivity contribution in [3.8, 4) is 0 Å². The Bertz CT molecular complexity index is 1520. The molecule has 2 N–H and O–H groups in total. The van der Waals surface area contributed by atoms with Crippen molar-refractivity contribution >= 4 is 66.4 Å². The van der Waals surface area contributed by atoms with Gasteiger partial charge in [0.2, 0.25) is 0 Å². The van der Waals surface area contributed by atoms with Gasteiger partial charge in [0.15, 0.2) is 0 Å². The van der Waals surface area contributed by atoms with Crippen LogP contribution in [0.25, 0.3) is 0 Å². The van der Waals surface area contributed by atoms with E-state index in [2.05, 4.69) is 9.44 Å². The minimum Gasteiger partial charge on any atom is -0.465 e. The highest BCUT2D eigenvalue weighted by atomic mass is 35.5. The van der Waals surface area contributed by atoms with E-state index in [9.17, 15) is 26.4 Å². The molecule has 0 aromatic heterocycles. The molecule has 196 valence electrons. The molecule has 9 nitrogen and oxygen atoms in total. The van der Waals surface area contributed by atoms with Gasteiger partial charge in [-0.15, -0.1) is 0 Å². The molecule has 37 heavy (non-hydrogen) atoms. The van der Waals surface area contributed by atoms with Gasteiger partial charge in [0.05, 0.1) is 22.1 Å². The van der Waals surface area contributed by atoms with E-state index in [-0.39, 0.29) is 33.3 Å². The Morgan fingerprint density at radius 1 is 0.811 bits per heavy atom. The zero-order valence-corrected chi connectivity index (χ0v) is 22.7. The molecular weight excluding hydrogens is 563 g/mol. The summed E-state index contributed by atoms with van der Waals surface area (Å²) in [4.78, 5) is 25.0. The van der Waals surface area contributed by atoms with Crippen molar-refractivity contribution in [3.63, 3.8) is 0 Å². The van der Waals surface area contributed by atoms with Crippen LogP contribution in [0.2, 0.25) is 10.0 Å². The number of carbonyl (C=O) groups excluding carboxylic acids is 2. The van der Waals surface area contributed by atoms with Crippen molar-refractivity contribution in [2.75, 3.05) is 16.1 Å². The number of Topliss-reactive ketones (excluding diaryl/α,β-unsaturated/α-hetero) is 1. The predicted molar refractivity (Wildman–Crippen MR) is 141 cm³/mol. The molecule has 3 aromatic carbocycles. The number of ketones is 1. The molecule has 13 heteroatoms. The van der Waals surface area contributed by atoms with Gasteiger partial charge in [0, 0.05) is 15.7 Å². The summed E-state index contributed by atoms with van der Waals surface area (Å²) in [5, 5.41) is 0.674. The van der Waals surface area contributed by atoms with Crippen molar-refractivity contribution in [1.82, 2.24) is 0 Å². The summed E-state index contributed by atoms with van der Waals surface area (Å²) >= 11 is 11.7. The number of nitrogens with one attached hydrogen (secondary N) is 2. The standard InChI is InChI=1S/C24H22Cl2N2O7S2/c1-3-35-24(30)23(15(2)29)21-14-18(27-36(31,32)19-9-4-16(25)5-10-19)8-13-22(21)28-37(33,34)20-11-6-17(26)7-12-20/h4-14,23,27-28H,3H2,1-2H3/t23-/m1/s1. The normalized spacial score (nSPS) is 12.4. The molecule has 0 spiro atoms. The molecule has 0 fully saturated rings. The molecule has 0 saturated heterocycles. The molecule has 0 bridgehead atoms. The molecular formula is C24H22Cl2N2O7S2. The number of anilines is 2.